The number of aryl methyl sites for hydroxylation is 1. The third kappa shape index (κ3) is 3.13. The van der Waals surface area contributed by atoms with Crippen LogP contribution in [0.3, 0.4) is 0 Å². The average Bonchev–Trinajstić information content (AvgIpc) is 2.86. The van der Waals surface area contributed by atoms with Crippen molar-refractivity contribution >= 4 is 17.3 Å². The molecule has 2 heterocycles. The van der Waals surface area contributed by atoms with Crippen molar-refractivity contribution in [1.82, 2.24) is 10.2 Å². The van der Waals surface area contributed by atoms with Crippen molar-refractivity contribution in [3.05, 3.63) is 45.7 Å². The molecule has 0 aliphatic carbocycles. The molecule has 5 nitrogen and oxygen atoms in total. The highest BCUT2D eigenvalue weighted by Gasteiger charge is 2.09. The molecule has 6 heteroatoms. The van der Waals surface area contributed by atoms with Gasteiger partial charge in [0.1, 0.15) is 10.8 Å². The number of aromatic nitrogens is 2. The van der Waals surface area contributed by atoms with Crippen LogP contribution in [0.2, 0.25) is 5.02 Å². The van der Waals surface area contributed by atoms with E-state index >= 15 is 0 Å². The number of anilines is 1. The molecular formula is C12H14ClN3O2. The van der Waals surface area contributed by atoms with Crippen LogP contribution in [0.25, 0.3) is 0 Å². The molecule has 0 spiro atoms. The van der Waals surface area contributed by atoms with Gasteiger partial charge in [-0.2, -0.15) is 5.10 Å². The molecular weight excluding hydrogens is 254 g/mol. The van der Waals surface area contributed by atoms with Gasteiger partial charge in [-0.1, -0.05) is 11.6 Å². The number of hydrogen-bond donors (Lipinski definition) is 2. The van der Waals surface area contributed by atoms with E-state index in [4.69, 9.17) is 16.0 Å². The predicted molar refractivity (Wildman–Crippen MR) is 70.0 cm³/mol. The Morgan fingerprint density at radius 2 is 2.44 bits per heavy atom. The second-order valence-electron chi connectivity index (χ2n) is 4.09. The first-order valence-corrected chi connectivity index (χ1v) is 6.06. The van der Waals surface area contributed by atoms with Gasteiger partial charge in [-0.05, 0) is 25.5 Å². The minimum atomic E-state index is -0.389. The molecule has 1 unspecified atom stereocenters. The summed E-state index contributed by atoms with van der Waals surface area (Å²) in [5.41, 5.74) is 0.160. The van der Waals surface area contributed by atoms with Gasteiger partial charge in [-0.25, -0.2) is 5.10 Å². The lowest BCUT2D eigenvalue weighted by Crippen LogP contribution is -2.19. The first-order chi connectivity index (χ1) is 8.66. The van der Waals surface area contributed by atoms with E-state index in [1.165, 1.54) is 6.20 Å². The normalized spacial score (nSPS) is 12.3. The molecule has 0 saturated carbocycles. The van der Waals surface area contributed by atoms with E-state index in [0.29, 0.717) is 5.69 Å². The van der Waals surface area contributed by atoms with Gasteiger partial charge in [0.25, 0.3) is 5.56 Å². The molecule has 18 heavy (non-hydrogen) atoms. The van der Waals surface area contributed by atoms with Crippen LogP contribution in [0.15, 0.2) is 33.8 Å². The topological polar surface area (TPSA) is 70.9 Å². The van der Waals surface area contributed by atoms with Crippen LogP contribution >= 0.6 is 11.6 Å². The molecule has 0 radical (unpaired) electrons. The zero-order valence-electron chi connectivity index (χ0n) is 9.94. The van der Waals surface area contributed by atoms with Crippen LogP contribution in [0.4, 0.5) is 5.69 Å². The lowest BCUT2D eigenvalue weighted by atomic mass is 10.1. The van der Waals surface area contributed by atoms with Crippen molar-refractivity contribution in [2.24, 2.45) is 0 Å². The van der Waals surface area contributed by atoms with Crippen molar-refractivity contribution < 1.29 is 4.42 Å². The van der Waals surface area contributed by atoms with E-state index in [1.54, 1.807) is 6.26 Å². The summed E-state index contributed by atoms with van der Waals surface area (Å²) in [5, 5.41) is 9.27. The summed E-state index contributed by atoms with van der Waals surface area (Å²) < 4.78 is 5.26. The number of aromatic amines is 1. The molecule has 0 amide bonds. The molecule has 0 aliphatic rings. The van der Waals surface area contributed by atoms with Gasteiger partial charge in [0.2, 0.25) is 0 Å². The van der Waals surface area contributed by atoms with Gasteiger partial charge >= 0.3 is 0 Å². The van der Waals surface area contributed by atoms with Crippen molar-refractivity contribution in [3.63, 3.8) is 0 Å². The minimum Gasteiger partial charge on any atom is -0.469 e. The van der Waals surface area contributed by atoms with E-state index in [2.05, 4.69) is 15.5 Å². The molecule has 2 aromatic heterocycles. The standard InChI is InChI=1S/C12H14ClN3O2/c1-8(4-5-9-3-2-6-18-9)15-10-7-14-16-12(17)11(10)13/h2-3,6-8H,4-5H2,1H3,(H2,15,16,17). The number of furan rings is 1. The first kappa shape index (κ1) is 12.7. The molecule has 0 aromatic carbocycles. The van der Waals surface area contributed by atoms with Crippen LogP contribution in [0.1, 0.15) is 19.1 Å². The molecule has 2 rings (SSSR count). The largest absolute Gasteiger partial charge is 0.469 e. The van der Waals surface area contributed by atoms with E-state index in [9.17, 15) is 4.79 Å². The highest BCUT2D eigenvalue weighted by Crippen LogP contribution is 2.17. The summed E-state index contributed by atoms with van der Waals surface area (Å²) in [4.78, 5) is 11.3. The number of hydrogen-bond acceptors (Lipinski definition) is 4. The zero-order chi connectivity index (χ0) is 13.0. The Labute approximate surface area is 109 Å². The fourth-order valence-electron chi connectivity index (χ4n) is 1.64. The Hall–Kier alpha value is -1.75. The Bertz CT molecular complexity index is 551. The molecule has 0 fully saturated rings. The van der Waals surface area contributed by atoms with Gasteiger partial charge in [0.05, 0.1) is 18.1 Å². The number of halogens is 1. The number of rotatable bonds is 5. The fraction of sp³-hybridized carbons (Fsp3) is 0.333. The molecule has 1 atom stereocenters. The van der Waals surface area contributed by atoms with Crippen LogP contribution < -0.4 is 10.9 Å². The maximum absolute atomic E-state index is 11.3. The van der Waals surface area contributed by atoms with Crippen molar-refractivity contribution in [2.75, 3.05) is 5.32 Å². The summed E-state index contributed by atoms with van der Waals surface area (Å²) in [6.45, 7) is 2.01. The minimum absolute atomic E-state index is 0.134. The van der Waals surface area contributed by atoms with E-state index in [0.717, 1.165) is 18.6 Å². The maximum Gasteiger partial charge on any atom is 0.285 e. The molecule has 0 saturated heterocycles. The summed E-state index contributed by atoms with van der Waals surface area (Å²) in [6.07, 6.45) is 4.87. The smallest absolute Gasteiger partial charge is 0.285 e. The quantitative estimate of drug-likeness (QED) is 0.873. The molecule has 0 aliphatic heterocycles. The van der Waals surface area contributed by atoms with Crippen LogP contribution in [0, 0.1) is 0 Å². The summed E-state index contributed by atoms with van der Waals surface area (Å²) in [7, 11) is 0. The van der Waals surface area contributed by atoms with Crippen LogP contribution in [-0.4, -0.2) is 16.2 Å². The number of nitrogens with one attached hydrogen (secondary N) is 2. The van der Waals surface area contributed by atoms with Crippen molar-refractivity contribution in [1.29, 1.82) is 0 Å². The third-order valence-corrected chi connectivity index (χ3v) is 2.98. The second kappa shape index (κ2) is 5.73. The second-order valence-corrected chi connectivity index (χ2v) is 4.47. The first-order valence-electron chi connectivity index (χ1n) is 5.69. The highest BCUT2D eigenvalue weighted by molar-refractivity contribution is 6.32. The Morgan fingerprint density at radius 3 is 3.17 bits per heavy atom. The van der Waals surface area contributed by atoms with Gasteiger partial charge in [0.15, 0.2) is 0 Å². The van der Waals surface area contributed by atoms with Gasteiger partial charge in [-0.3, -0.25) is 4.79 Å². The van der Waals surface area contributed by atoms with E-state index in [-0.39, 0.29) is 16.6 Å². The maximum atomic E-state index is 11.3. The summed E-state index contributed by atoms with van der Waals surface area (Å²) >= 11 is 5.87. The summed E-state index contributed by atoms with van der Waals surface area (Å²) in [6, 6.07) is 3.97. The Balaban J connectivity index is 1.93. The summed E-state index contributed by atoms with van der Waals surface area (Å²) in [5.74, 6) is 0.943. The molecule has 2 N–H and O–H groups in total. The SMILES string of the molecule is CC(CCc1ccco1)Nc1cn[nH]c(=O)c1Cl. The van der Waals surface area contributed by atoms with Crippen molar-refractivity contribution in [3.8, 4) is 0 Å². The van der Waals surface area contributed by atoms with Gasteiger partial charge in [-0.15, -0.1) is 0 Å². The van der Waals surface area contributed by atoms with Gasteiger partial charge < -0.3 is 9.73 Å². The number of H-pyrrole nitrogens is 1. The van der Waals surface area contributed by atoms with E-state index < -0.39 is 0 Å². The third-order valence-electron chi connectivity index (χ3n) is 2.60. The van der Waals surface area contributed by atoms with E-state index in [1.807, 2.05) is 19.1 Å². The van der Waals surface area contributed by atoms with Crippen molar-refractivity contribution in [2.45, 2.75) is 25.8 Å². The zero-order valence-corrected chi connectivity index (χ0v) is 10.7. The lowest BCUT2D eigenvalue weighted by molar-refractivity contribution is 0.495. The Kier molecular flexibility index (Phi) is 4.04. The molecule has 0 bridgehead atoms. The highest BCUT2D eigenvalue weighted by atomic mass is 35.5. The number of nitrogens with zero attached hydrogens (tertiary/aromatic N) is 1. The average molecular weight is 268 g/mol. The fourth-order valence-corrected chi connectivity index (χ4v) is 1.78. The molecule has 2 aromatic rings. The van der Waals surface area contributed by atoms with Crippen LogP contribution in [0.5, 0.6) is 0 Å². The Morgan fingerprint density at radius 1 is 1.61 bits per heavy atom. The predicted octanol–water partition coefficient (Wildman–Crippen LogP) is 2.45. The van der Waals surface area contributed by atoms with Gasteiger partial charge in [0, 0.05) is 12.5 Å². The monoisotopic (exact) mass is 267 g/mol. The lowest BCUT2D eigenvalue weighted by Gasteiger charge is -2.14. The van der Waals surface area contributed by atoms with Crippen LogP contribution in [-0.2, 0) is 6.42 Å². The molecule has 96 valence electrons.